The number of amides is 1. The third kappa shape index (κ3) is 2.16. The molecule has 0 aromatic heterocycles. The number of nitrogens with one attached hydrogen (secondary N) is 1. The highest BCUT2D eigenvalue weighted by Crippen LogP contribution is 2.21. The zero-order valence-corrected chi connectivity index (χ0v) is 9.70. The van der Waals surface area contributed by atoms with Crippen LogP contribution in [-0.2, 0) is 4.79 Å². The number of carbonyl (C=O) groups excluding carboxylic acids is 1. The van der Waals surface area contributed by atoms with Crippen molar-refractivity contribution in [3.8, 4) is 0 Å². The van der Waals surface area contributed by atoms with Gasteiger partial charge in [0.05, 0.1) is 6.54 Å². The Morgan fingerprint density at radius 2 is 2.33 bits per heavy atom. The van der Waals surface area contributed by atoms with Crippen molar-refractivity contribution in [2.24, 2.45) is 0 Å². The van der Waals surface area contributed by atoms with E-state index in [1.54, 1.807) is 0 Å². The number of hydrogen-bond donors (Lipinski definition) is 1. The quantitative estimate of drug-likeness (QED) is 0.742. The minimum Gasteiger partial charge on any atom is -0.312 e. The van der Waals surface area contributed by atoms with E-state index in [2.05, 4.69) is 17.2 Å². The van der Waals surface area contributed by atoms with Gasteiger partial charge in [-0.1, -0.05) is 6.92 Å². The van der Waals surface area contributed by atoms with Crippen LogP contribution in [0.4, 0.5) is 0 Å². The first-order valence-electron chi connectivity index (χ1n) is 5.99. The number of rotatable bonds is 3. The average molecular weight is 211 g/mol. The summed E-state index contributed by atoms with van der Waals surface area (Å²) in [5, 5.41) is 7.49. The van der Waals surface area contributed by atoms with Gasteiger partial charge >= 0.3 is 0 Å². The Morgan fingerprint density at radius 1 is 1.53 bits per heavy atom. The average Bonchev–Trinajstić information content (AvgIpc) is 2.81. The fourth-order valence-corrected chi connectivity index (χ4v) is 2.57. The van der Waals surface area contributed by atoms with Crippen LogP contribution in [0.15, 0.2) is 0 Å². The predicted molar refractivity (Wildman–Crippen MR) is 59.2 cm³/mol. The van der Waals surface area contributed by atoms with Crippen LogP contribution in [0.5, 0.6) is 0 Å². The smallest absolute Gasteiger partial charge is 0.238 e. The monoisotopic (exact) mass is 211 g/mol. The largest absolute Gasteiger partial charge is 0.312 e. The van der Waals surface area contributed by atoms with E-state index in [0.29, 0.717) is 18.5 Å². The lowest BCUT2D eigenvalue weighted by molar-refractivity contribution is -0.137. The van der Waals surface area contributed by atoms with E-state index in [1.807, 2.05) is 12.1 Å². The first kappa shape index (κ1) is 10.9. The number of carbonyl (C=O) groups is 1. The summed E-state index contributed by atoms with van der Waals surface area (Å²) in [6.07, 6.45) is 4.19. The minimum atomic E-state index is 0.290. The van der Waals surface area contributed by atoms with Gasteiger partial charge in [0.15, 0.2) is 0 Å². The molecule has 0 aromatic rings. The van der Waals surface area contributed by atoms with Gasteiger partial charge in [-0.3, -0.25) is 9.80 Å². The van der Waals surface area contributed by atoms with Crippen LogP contribution >= 0.6 is 0 Å². The molecule has 0 saturated carbocycles. The molecule has 2 atom stereocenters. The lowest BCUT2D eigenvalue weighted by Gasteiger charge is -2.30. The summed E-state index contributed by atoms with van der Waals surface area (Å²) in [7, 11) is 2.04. The molecule has 2 aliphatic rings. The Labute approximate surface area is 91.6 Å². The second-order valence-electron chi connectivity index (χ2n) is 4.61. The lowest BCUT2D eigenvalue weighted by atomic mass is 10.2. The Kier molecular flexibility index (Phi) is 3.26. The van der Waals surface area contributed by atoms with Gasteiger partial charge in [0.25, 0.3) is 0 Å². The molecular weight excluding hydrogens is 190 g/mol. The lowest BCUT2D eigenvalue weighted by Crippen LogP contribution is -2.45. The van der Waals surface area contributed by atoms with Crippen LogP contribution in [0, 0.1) is 0 Å². The van der Waals surface area contributed by atoms with Crippen molar-refractivity contribution in [3.05, 3.63) is 0 Å². The second kappa shape index (κ2) is 4.49. The SMILES string of the molecule is CCC1CC(=O)N(CC2CCCN2)N1C. The molecule has 86 valence electrons. The number of nitrogens with zero attached hydrogens (tertiary/aromatic N) is 2. The van der Waals surface area contributed by atoms with Gasteiger partial charge in [-0.15, -0.1) is 0 Å². The van der Waals surface area contributed by atoms with Crippen molar-refractivity contribution in [2.75, 3.05) is 20.1 Å². The van der Waals surface area contributed by atoms with Crippen molar-refractivity contribution < 1.29 is 4.79 Å². The van der Waals surface area contributed by atoms with Crippen LogP contribution in [0.25, 0.3) is 0 Å². The maximum atomic E-state index is 11.8. The third-order valence-electron chi connectivity index (χ3n) is 3.63. The van der Waals surface area contributed by atoms with E-state index in [9.17, 15) is 4.79 Å². The normalized spacial score (nSPS) is 32.9. The van der Waals surface area contributed by atoms with Gasteiger partial charge in [0, 0.05) is 25.6 Å². The maximum Gasteiger partial charge on any atom is 0.238 e. The van der Waals surface area contributed by atoms with Gasteiger partial charge < -0.3 is 5.32 Å². The molecule has 2 aliphatic heterocycles. The summed E-state index contributed by atoms with van der Waals surface area (Å²) in [5.74, 6) is 0.290. The van der Waals surface area contributed by atoms with Gasteiger partial charge in [-0.25, -0.2) is 5.01 Å². The van der Waals surface area contributed by atoms with Gasteiger partial charge in [-0.05, 0) is 25.8 Å². The molecule has 0 aromatic carbocycles. The predicted octanol–water partition coefficient (Wildman–Crippen LogP) is 0.596. The summed E-state index contributed by atoms with van der Waals surface area (Å²) in [5.41, 5.74) is 0. The molecule has 15 heavy (non-hydrogen) atoms. The summed E-state index contributed by atoms with van der Waals surface area (Å²) < 4.78 is 0. The fraction of sp³-hybridized carbons (Fsp3) is 0.909. The molecule has 1 N–H and O–H groups in total. The molecule has 4 heteroatoms. The molecule has 2 unspecified atom stereocenters. The zero-order valence-electron chi connectivity index (χ0n) is 9.70. The van der Waals surface area contributed by atoms with E-state index in [0.717, 1.165) is 19.5 Å². The van der Waals surface area contributed by atoms with Crippen molar-refractivity contribution >= 4 is 5.91 Å². The summed E-state index contributed by atoms with van der Waals surface area (Å²) in [6.45, 7) is 4.10. The standard InChI is InChI=1S/C11H21N3O/c1-3-10-7-11(15)14(13(10)2)8-9-5-4-6-12-9/h9-10,12H,3-8H2,1-2H3. The molecule has 0 radical (unpaired) electrons. The molecule has 1 amide bonds. The number of hydrogen-bond acceptors (Lipinski definition) is 3. The maximum absolute atomic E-state index is 11.8. The van der Waals surface area contributed by atoms with Gasteiger partial charge in [0.1, 0.15) is 0 Å². The van der Waals surface area contributed by atoms with E-state index >= 15 is 0 Å². The molecule has 0 spiro atoms. The molecule has 0 bridgehead atoms. The molecule has 2 fully saturated rings. The van der Waals surface area contributed by atoms with Crippen molar-refractivity contribution in [2.45, 2.75) is 44.7 Å². The topological polar surface area (TPSA) is 35.6 Å². The fourth-order valence-electron chi connectivity index (χ4n) is 2.57. The molecule has 2 saturated heterocycles. The highest BCUT2D eigenvalue weighted by molar-refractivity contribution is 5.78. The van der Waals surface area contributed by atoms with E-state index in [-0.39, 0.29) is 5.91 Å². The Bertz CT molecular complexity index is 238. The van der Waals surface area contributed by atoms with Crippen LogP contribution < -0.4 is 5.32 Å². The van der Waals surface area contributed by atoms with Crippen LogP contribution in [0.3, 0.4) is 0 Å². The molecule has 2 rings (SSSR count). The van der Waals surface area contributed by atoms with E-state index < -0.39 is 0 Å². The Balaban J connectivity index is 1.93. The first-order valence-corrected chi connectivity index (χ1v) is 5.99. The van der Waals surface area contributed by atoms with Crippen LogP contribution in [0.2, 0.25) is 0 Å². The Hall–Kier alpha value is -0.610. The number of hydrazine groups is 1. The van der Waals surface area contributed by atoms with Crippen LogP contribution in [-0.4, -0.2) is 48.1 Å². The molecular formula is C11H21N3O. The third-order valence-corrected chi connectivity index (χ3v) is 3.63. The summed E-state index contributed by atoms with van der Waals surface area (Å²) >= 11 is 0. The Morgan fingerprint density at radius 3 is 2.87 bits per heavy atom. The van der Waals surface area contributed by atoms with E-state index in [1.165, 1.54) is 12.8 Å². The van der Waals surface area contributed by atoms with Crippen molar-refractivity contribution in [1.82, 2.24) is 15.3 Å². The zero-order chi connectivity index (χ0) is 10.8. The highest BCUT2D eigenvalue weighted by atomic mass is 16.2. The molecule has 2 heterocycles. The minimum absolute atomic E-state index is 0.290. The first-order chi connectivity index (χ1) is 7.22. The second-order valence-corrected chi connectivity index (χ2v) is 4.61. The summed E-state index contributed by atoms with van der Waals surface area (Å²) in [4.78, 5) is 11.8. The van der Waals surface area contributed by atoms with Gasteiger partial charge in [-0.2, -0.15) is 0 Å². The van der Waals surface area contributed by atoms with Gasteiger partial charge in [0.2, 0.25) is 5.91 Å². The van der Waals surface area contributed by atoms with Crippen molar-refractivity contribution in [3.63, 3.8) is 0 Å². The molecule has 0 aliphatic carbocycles. The van der Waals surface area contributed by atoms with Crippen molar-refractivity contribution in [1.29, 1.82) is 0 Å². The summed E-state index contributed by atoms with van der Waals surface area (Å²) in [6, 6.07) is 0.922. The highest BCUT2D eigenvalue weighted by Gasteiger charge is 2.35. The van der Waals surface area contributed by atoms with Crippen LogP contribution in [0.1, 0.15) is 32.6 Å². The molecule has 4 nitrogen and oxygen atoms in total. The van der Waals surface area contributed by atoms with E-state index in [4.69, 9.17) is 0 Å².